The van der Waals surface area contributed by atoms with Crippen LogP contribution in [0.15, 0.2) is 158 Å². The Labute approximate surface area is 256 Å². The van der Waals surface area contributed by atoms with Crippen molar-refractivity contribution in [3.8, 4) is 50.7 Å². The van der Waals surface area contributed by atoms with E-state index in [-0.39, 0.29) is 0 Å². The maximum absolute atomic E-state index is 5.18. The zero-order valence-corrected chi connectivity index (χ0v) is 24.4. The molecule has 44 heavy (non-hydrogen) atoms. The van der Waals surface area contributed by atoms with E-state index in [1.807, 2.05) is 12.1 Å². The van der Waals surface area contributed by atoms with Gasteiger partial charge in [-0.3, -0.25) is 0 Å². The molecule has 0 radical (unpaired) electrons. The zero-order valence-electron chi connectivity index (χ0n) is 24.4. The van der Waals surface area contributed by atoms with Gasteiger partial charge in [-0.05, 0) is 36.8 Å². The summed E-state index contributed by atoms with van der Waals surface area (Å²) in [7, 11) is 0. The molecule has 3 nitrogen and oxygen atoms in total. The summed E-state index contributed by atoms with van der Waals surface area (Å²) in [5.74, 6) is 0.714. The topological polar surface area (TPSA) is 30.7 Å². The molecule has 8 aromatic rings. The maximum atomic E-state index is 5.18. The molecule has 0 aliphatic rings. The first-order chi connectivity index (χ1) is 21.8. The van der Waals surface area contributed by atoms with Gasteiger partial charge in [0.25, 0.3) is 0 Å². The Kier molecular flexibility index (Phi) is 6.35. The highest BCUT2D eigenvalue weighted by atomic mass is 15.0. The highest BCUT2D eigenvalue weighted by Crippen LogP contribution is 2.39. The molecule has 0 bridgehead atoms. The van der Waals surface area contributed by atoms with Crippen molar-refractivity contribution < 1.29 is 0 Å². The Bertz CT molecular complexity index is 2210. The first-order valence-corrected chi connectivity index (χ1v) is 14.9. The Hall–Kier alpha value is -5.80. The number of nitrogens with zero attached hydrogens (tertiary/aromatic N) is 3. The summed E-state index contributed by atoms with van der Waals surface area (Å²) in [6.07, 6.45) is 0. The molecule has 208 valence electrons. The molecular weight excluding hydrogens is 534 g/mol. The Balaban J connectivity index is 1.36. The van der Waals surface area contributed by atoms with Crippen LogP contribution in [0.5, 0.6) is 0 Å². The minimum Gasteiger partial charge on any atom is -0.309 e. The van der Waals surface area contributed by atoms with E-state index >= 15 is 0 Å². The van der Waals surface area contributed by atoms with Gasteiger partial charge < -0.3 is 4.57 Å². The maximum Gasteiger partial charge on any atom is 0.160 e. The van der Waals surface area contributed by atoms with Crippen molar-refractivity contribution in [3.05, 3.63) is 163 Å². The van der Waals surface area contributed by atoms with Gasteiger partial charge in [0.1, 0.15) is 0 Å². The molecule has 0 saturated carbocycles. The standard InChI is InChI=1S/C41H29N3/c1-28-38(29-15-5-2-6-16-29)42-41(43-39(28)30-17-7-3-8-18-30)32-20-13-19-31(27-32)34-24-14-25-36-35-23-11-12-26-37(35)44(40(34)36)33-21-9-4-10-22-33/h2-27H,1H3. The van der Waals surface area contributed by atoms with Crippen LogP contribution in [0.1, 0.15) is 5.56 Å². The van der Waals surface area contributed by atoms with E-state index < -0.39 is 0 Å². The van der Waals surface area contributed by atoms with E-state index in [1.165, 1.54) is 27.4 Å². The summed E-state index contributed by atoms with van der Waals surface area (Å²) in [4.78, 5) is 10.4. The summed E-state index contributed by atoms with van der Waals surface area (Å²) in [6.45, 7) is 2.12. The predicted molar refractivity (Wildman–Crippen MR) is 183 cm³/mol. The molecule has 0 spiro atoms. The molecule has 2 heterocycles. The lowest BCUT2D eigenvalue weighted by molar-refractivity contribution is 1.15. The number of hydrogen-bond acceptors (Lipinski definition) is 2. The van der Waals surface area contributed by atoms with Crippen LogP contribution in [0.25, 0.3) is 72.5 Å². The molecule has 0 amide bonds. The van der Waals surface area contributed by atoms with Crippen LogP contribution in [0, 0.1) is 6.92 Å². The van der Waals surface area contributed by atoms with Gasteiger partial charge in [0.05, 0.1) is 22.4 Å². The number of aromatic nitrogens is 3. The number of hydrogen-bond donors (Lipinski definition) is 0. The molecule has 0 atom stereocenters. The smallest absolute Gasteiger partial charge is 0.160 e. The lowest BCUT2D eigenvalue weighted by Crippen LogP contribution is -2.00. The highest BCUT2D eigenvalue weighted by Gasteiger charge is 2.18. The molecule has 6 aromatic carbocycles. The van der Waals surface area contributed by atoms with Crippen molar-refractivity contribution in [1.82, 2.24) is 14.5 Å². The van der Waals surface area contributed by atoms with E-state index in [4.69, 9.17) is 9.97 Å². The van der Waals surface area contributed by atoms with Gasteiger partial charge in [-0.1, -0.05) is 133 Å². The first-order valence-electron chi connectivity index (χ1n) is 14.9. The molecule has 0 N–H and O–H groups in total. The minimum atomic E-state index is 0.714. The average Bonchev–Trinajstić information content (AvgIpc) is 3.44. The van der Waals surface area contributed by atoms with E-state index in [1.54, 1.807) is 0 Å². The second-order valence-corrected chi connectivity index (χ2v) is 11.1. The van der Waals surface area contributed by atoms with Crippen molar-refractivity contribution in [3.63, 3.8) is 0 Å². The lowest BCUT2D eigenvalue weighted by Gasteiger charge is -2.15. The predicted octanol–water partition coefficient (Wildman–Crippen LogP) is 10.6. The fraction of sp³-hybridized carbons (Fsp3) is 0.0244. The molecule has 3 heteroatoms. The van der Waals surface area contributed by atoms with E-state index in [0.29, 0.717) is 5.82 Å². The van der Waals surface area contributed by atoms with Crippen LogP contribution in [0.2, 0.25) is 0 Å². The molecule has 8 rings (SSSR count). The Morgan fingerprint density at radius 1 is 0.455 bits per heavy atom. The highest BCUT2D eigenvalue weighted by molar-refractivity contribution is 6.13. The van der Waals surface area contributed by atoms with Gasteiger partial charge in [-0.2, -0.15) is 0 Å². The van der Waals surface area contributed by atoms with Gasteiger partial charge in [-0.15, -0.1) is 0 Å². The average molecular weight is 564 g/mol. The van der Waals surface area contributed by atoms with E-state index in [0.717, 1.165) is 44.9 Å². The number of rotatable bonds is 5. The van der Waals surface area contributed by atoms with Crippen LogP contribution in [0.4, 0.5) is 0 Å². The molecule has 0 fully saturated rings. The van der Waals surface area contributed by atoms with Gasteiger partial charge in [-0.25, -0.2) is 9.97 Å². The third-order valence-electron chi connectivity index (χ3n) is 8.38. The largest absolute Gasteiger partial charge is 0.309 e. The van der Waals surface area contributed by atoms with Crippen LogP contribution in [-0.2, 0) is 0 Å². The summed E-state index contributed by atoms with van der Waals surface area (Å²) in [5.41, 5.74) is 11.9. The third-order valence-corrected chi connectivity index (χ3v) is 8.38. The molecule has 0 saturated heterocycles. The zero-order chi connectivity index (χ0) is 29.5. The SMILES string of the molecule is Cc1c(-c2ccccc2)nc(-c2cccc(-c3cccc4c5ccccc5n(-c5ccccc5)c34)c2)nc1-c1ccccc1. The summed E-state index contributed by atoms with van der Waals surface area (Å²) < 4.78 is 2.38. The number of benzene rings is 6. The van der Waals surface area contributed by atoms with Crippen molar-refractivity contribution >= 4 is 21.8 Å². The van der Waals surface area contributed by atoms with Gasteiger partial charge in [0.2, 0.25) is 0 Å². The fourth-order valence-corrected chi connectivity index (χ4v) is 6.32. The Morgan fingerprint density at radius 2 is 0.977 bits per heavy atom. The van der Waals surface area contributed by atoms with Crippen molar-refractivity contribution in [2.45, 2.75) is 6.92 Å². The third kappa shape index (κ3) is 4.38. The van der Waals surface area contributed by atoms with Crippen LogP contribution in [0.3, 0.4) is 0 Å². The van der Waals surface area contributed by atoms with Gasteiger partial charge >= 0.3 is 0 Å². The van der Waals surface area contributed by atoms with Gasteiger partial charge in [0, 0.05) is 44.3 Å². The van der Waals surface area contributed by atoms with E-state index in [2.05, 4.69) is 157 Å². The fourth-order valence-electron chi connectivity index (χ4n) is 6.32. The molecule has 2 aromatic heterocycles. The Morgan fingerprint density at radius 3 is 1.66 bits per heavy atom. The minimum absolute atomic E-state index is 0.714. The second kappa shape index (κ2) is 10.8. The van der Waals surface area contributed by atoms with E-state index in [9.17, 15) is 0 Å². The summed E-state index contributed by atoms with van der Waals surface area (Å²) in [5, 5.41) is 2.47. The molecular formula is C41H29N3. The molecule has 0 aliphatic heterocycles. The molecule has 0 aliphatic carbocycles. The van der Waals surface area contributed by atoms with Crippen LogP contribution in [-0.4, -0.2) is 14.5 Å². The van der Waals surface area contributed by atoms with Crippen molar-refractivity contribution in [2.24, 2.45) is 0 Å². The monoisotopic (exact) mass is 563 g/mol. The normalized spacial score (nSPS) is 11.3. The number of para-hydroxylation sites is 3. The van der Waals surface area contributed by atoms with Crippen molar-refractivity contribution in [1.29, 1.82) is 0 Å². The first kappa shape index (κ1) is 25.9. The summed E-state index contributed by atoms with van der Waals surface area (Å²) in [6, 6.07) is 55.3. The lowest BCUT2D eigenvalue weighted by atomic mass is 9.98. The van der Waals surface area contributed by atoms with Crippen LogP contribution < -0.4 is 0 Å². The van der Waals surface area contributed by atoms with Crippen molar-refractivity contribution in [2.75, 3.05) is 0 Å². The quantitative estimate of drug-likeness (QED) is 0.209. The molecule has 0 unspecified atom stereocenters. The second-order valence-electron chi connectivity index (χ2n) is 11.1. The van der Waals surface area contributed by atoms with Crippen LogP contribution >= 0.6 is 0 Å². The van der Waals surface area contributed by atoms with Gasteiger partial charge in [0.15, 0.2) is 5.82 Å². The summed E-state index contributed by atoms with van der Waals surface area (Å²) >= 11 is 0. The number of fused-ring (bicyclic) bond motifs is 3.